The quantitative estimate of drug-likeness (QED) is 0.418. The first-order valence-corrected chi connectivity index (χ1v) is 10.8. The SMILES string of the molecule is O=C1C(=O)N(CCN2CCOCC2)C(c2ccc(Cl)c(Cl)c2)/C1=C(\O)c1ccccc1. The van der Waals surface area contributed by atoms with Gasteiger partial charge in [-0.2, -0.15) is 0 Å². The summed E-state index contributed by atoms with van der Waals surface area (Å²) in [7, 11) is 0. The lowest BCUT2D eigenvalue weighted by Gasteiger charge is -2.31. The van der Waals surface area contributed by atoms with Gasteiger partial charge in [0, 0.05) is 31.7 Å². The van der Waals surface area contributed by atoms with Crippen molar-refractivity contribution in [2.24, 2.45) is 0 Å². The van der Waals surface area contributed by atoms with E-state index in [0.717, 1.165) is 13.1 Å². The van der Waals surface area contributed by atoms with Crippen molar-refractivity contribution in [1.82, 2.24) is 9.80 Å². The molecule has 2 saturated heterocycles. The van der Waals surface area contributed by atoms with Crippen LogP contribution in [-0.2, 0) is 14.3 Å². The van der Waals surface area contributed by atoms with Crippen LogP contribution in [0, 0.1) is 0 Å². The molecule has 0 spiro atoms. The van der Waals surface area contributed by atoms with Gasteiger partial charge in [0.25, 0.3) is 11.7 Å². The standard InChI is InChI=1S/C23H22Cl2N2O4/c24-17-7-6-16(14-18(17)25)20-19(21(28)15-4-2-1-3-5-15)22(29)23(30)27(20)9-8-26-10-12-31-13-11-26/h1-7,14,20,28H,8-13H2/b21-19+. The lowest BCUT2D eigenvalue weighted by atomic mass is 9.95. The minimum atomic E-state index is -0.754. The number of hydrogen-bond donors (Lipinski definition) is 1. The van der Waals surface area contributed by atoms with Gasteiger partial charge >= 0.3 is 0 Å². The van der Waals surface area contributed by atoms with E-state index in [2.05, 4.69) is 4.90 Å². The van der Waals surface area contributed by atoms with Crippen LogP contribution in [0.2, 0.25) is 10.0 Å². The number of halogens is 2. The number of likely N-dealkylation sites (tertiary alicyclic amines) is 1. The van der Waals surface area contributed by atoms with Crippen LogP contribution < -0.4 is 0 Å². The molecule has 31 heavy (non-hydrogen) atoms. The van der Waals surface area contributed by atoms with Crippen molar-refractivity contribution in [3.63, 3.8) is 0 Å². The zero-order valence-electron chi connectivity index (χ0n) is 16.8. The second-order valence-electron chi connectivity index (χ2n) is 7.49. The Morgan fingerprint density at radius 2 is 1.71 bits per heavy atom. The van der Waals surface area contributed by atoms with Crippen molar-refractivity contribution in [2.45, 2.75) is 6.04 Å². The summed E-state index contributed by atoms with van der Waals surface area (Å²) in [6, 6.07) is 13.0. The Morgan fingerprint density at radius 1 is 1.00 bits per heavy atom. The largest absolute Gasteiger partial charge is 0.507 e. The van der Waals surface area contributed by atoms with Gasteiger partial charge in [0.15, 0.2) is 0 Å². The summed E-state index contributed by atoms with van der Waals surface area (Å²) in [4.78, 5) is 29.7. The van der Waals surface area contributed by atoms with Gasteiger partial charge in [0.1, 0.15) is 5.76 Å². The third-order valence-electron chi connectivity index (χ3n) is 5.61. The van der Waals surface area contributed by atoms with Gasteiger partial charge in [-0.25, -0.2) is 0 Å². The number of hydrogen-bond acceptors (Lipinski definition) is 5. The molecule has 2 aromatic carbocycles. The highest BCUT2D eigenvalue weighted by molar-refractivity contribution is 6.46. The Balaban J connectivity index is 1.75. The van der Waals surface area contributed by atoms with Crippen molar-refractivity contribution < 1.29 is 19.4 Å². The molecule has 1 unspecified atom stereocenters. The fraction of sp³-hybridized carbons (Fsp3) is 0.304. The van der Waals surface area contributed by atoms with Crippen LogP contribution in [0.4, 0.5) is 0 Å². The molecule has 6 nitrogen and oxygen atoms in total. The molecule has 1 atom stereocenters. The van der Waals surface area contributed by atoms with Gasteiger partial charge < -0.3 is 14.7 Å². The van der Waals surface area contributed by atoms with Crippen LogP contribution in [0.1, 0.15) is 17.2 Å². The van der Waals surface area contributed by atoms with Gasteiger partial charge in [-0.05, 0) is 17.7 Å². The second-order valence-corrected chi connectivity index (χ2v) is 8.30. The minimum Gasteiger partial charge on any atom is -0.507 e. The molecule has 0 radical (unpaired) electrons. The van der Waals surface area contributed by atoms with Crippen LogP contribution in [0.5, 0.6) is 0 Å². The van der Waals surface area contributed by atoms with E-state index in [0.29, 0.717) is 47.5 Å². The van der Waals surface area contributed by atoms with E-state index in [1.165, 1.54) is 4.90 Å². The highest BCUT2D eigenvalue weighted by Crippen LogP contribution is 2.40. The molecule has 162 valence electrons. The molecular formula is C23H22Cl2N2O4. The Hall–Kier alpha value is -2.38. The zero-order valence-corrected chi connectivity index (χ0v) is 18.3. The Morgan fingerprint density at radius 3 is 2.39 bits per heavy atom. The predicted molar refractivity (Wildman–Crippen MR) is 119 cm³/mol. The fourth-order valence-electron chi connectivity index (χ4n) is 3.97. The highest BCUT2D eigenvalue weighted by Gasteiger charge is 2.46. The number of aliphatic hydroxyl groups is 1. The van der Waals surface area contributed by atoms with Gasteiger partial charge in [-0.1, -0.05) is 59.6 Å². The maximum atomic E-state index is 13.0. The zero-order chi connectivity index (χ0) is 22.0. The highest BCUT2D eigenvalue weighted by atomic mass is 35.5. The number of carbonyl (C=O) groups is 2. The van der Waals surface area contributed by atoms with Crippen molar-refractivity contribution in [1.29, 1.82) is 0 Å². The van der Waals surface area contributed by atoms with E-state index >= 15 is 0 Å². The lowest BCUT2D eigenvalue weighted by Crippen LogP contribution is -2.42. The van der Waals surface area contributed by atoms with E-state index < -0.39 is 17.7 Å². The smallest absolute Gasteiger partial charge is 0.295 e. The summed E-state index contributed by atoms with van der Waals surface area (Å²) in [6.45, 7) is 3.75. The minimum absolute atomic E-state index is 0.0524. The number of ketones is 1. The molecule has 0 saturated carbocycles. The molecule has 2 heterocycles. The van der Waals surface area contributed by atoms with Crippen molar-refractivity contribution in [2.75, 3.05) is 39.4 Å². The van der Waals surface area contributed by atoms with Crippen LogP contribution in [0.15, 0.2) is 54.1 Å². The molecule has 2 aliphatic rings. The number of benzene rings is 2. The number of amides is 1. The first-order valence-electron chi connectivity index (χ1n) is 10.1. The van der Waals surface area contributed by atoms with E-state index in [-0.39, 0.29) is 11.3 Å². The second kappa shape index (κ2) is 9.40. The Bertz CT molecular complexity index is 1020. The topological polar surface area (TPSA) is 70.1 Å². The summed E-state index contributed by atoms with van der Waals surface area (Å²) in [6.07, 6.45) is 0. The summed E-state index contributed by atoms with van der Waals surface area (Å²) in [5.41, 5.74) is 1.14. The van der Waals surface area contributed by atoms with Crippen LogP contribution in [0.25, 0.3) is 5.76 Å². The molecule has 2 aliphatic heterocycles. The molecule has 1 N–H and O–H groups in total. The van der Waals surface area contributed by atoms with E-state index in [1.54, 1.807) is 42.5 Å². The van der Waals surface area contributed by atoms with Gasteiger partial charge in [-0.3, -0.25) is 14.5 Å². The first kappa shape index (κ1) is 21.8. The molecule has 0 aromatic heterocycles. The van der Waals surface area contributed by atoms with Gasteiger partial charge in [-0.15, -0.1) is 0 Å². The number of morpholine rings is 1. The van der Waals surface area contributed by atoms with Gasteiger partial charge in [0.2, 0.25) is 0 Å². The summed E-state index contributed by atoms with van der Waals surface area (Å²) < 4.78 is 5.38. The fourth-order valence-corrected chi connectivity index (χ4v) is 4.27. The van der Waals surface area contributed by atoms with Crippen molar-refractivity contribution in [3.05, 3.63) is 75.3 Å². The van der Waals surface area contributed by atoms with Gasteiger partial charge in [0.05, 0.1) is 34.9 Å². The van der Waals surface area contributed by atoms with Crippen molar-refractivity contribution >= 4 is 40.7 Å². The average Bonchev–Trinajstić information content (AvgIpc) is 3.05. The Labute approximate surface area is 190 Å². The molecule has 1 amide bonds. The van der Waals surface area contributed by atoms with Crippen molar-refractivity contribution in [3.8, 4) is 0 Å². The van der Waals surface area contributed by atoms with Crippen LogP contribution in [0.3, 0.4) is 0 Å². The summed E-state index contributed by atoms with van der Waals surface area (Å²) in [5, 5.41) is 11.7. The summed E-state index contributed by atoms with van der Waals surface area (Å²) >= 11 is 12.3. The van der Waals surface area contributed by atoms with Crippen LogP contribution in [-0.4, -0.2) is 66.0 Å². The first-order chi connectivity index (χ1) is 15.0. The molecule has 8 heteroatoms. The molecule has 4 rings (SSSR count). The third kappa shape index (κ3) is 4.48. The third-order valence-corrected chi connectivity index (χ3v) is 6.35. The van der Waals surface area contributed by atoms with Crippen LogP contribution >= 0.6 is 23.2 Å². The van der Waals surface area contributed by atoms with E-state index in [1.807, 2.05) is 6.07 Å². The molecule has 2 fully saturated rings. The number of carbonyl (C=O) groups excluding carboxylic acids is 2. The Kier molecular flexibility index (Phi) is 6.62. The van der Waals surface area contributed by atoms with E-state index in [4.69, 9.17) is 27.9 Å². The lowest BCUT2D eigenvalue weighted by molar-refractivity contribution is -0.140. The predicted octanol–water partition coefficient (Wildman–Crippen LogP) is 3.75. The maximum Gasteiger partial charge on any atom is 0.295 e. The molecular weight excluding hydrogens is 439 g/mol. The normalized spacial score (nSPS) is 21.6. The average molecular weight is 461 g/mol. The number of nitrogens with zero attached hydrogens (tertiary/aromatic N) is 2. The number of rotatable bonds is 5. The number of ether oxygens (including phenoxy) is 1. The maximum absolute atomic E-state index is 13.0. The number of aliphatic hydroxyl groups excluding tert-OH is 1. The molecule has 0 aliphatic carbocycles. The summed E-state index contributed by atoms with van der Waals surface area (Å²) in [5.74, 6) is -1.55. The number of Topliss-reactive ketones (excluding diaryl/α,β-unsaturated/α-hetero) is 1. The van der Waals surface area contributed by atoms with E-state index in [9.17, 15) is 14.7 Å². The molecule has 0 bridgehead atoms. The molecule has 2 aromatic rings. The monoisotopic (exact) mass is 460 g/mol.